The van der Waals surface area contributed by atoms with Crippen LogP contribution in [0.3, 0.4) is 0 Å². The Labute approximate surface area is 66.3 Å². The molecule has 1 aliphatic rings. The Morgan fingerprint density at radius 3 is 2.91 bits per heavy atom. The van der Waals surface area contributed by atoms with Crippen LogP contribution in [0.5, 0.6) is 0 Å². The molecule has 62 valence electrons. The normalized spacial score (nSPS) is 25.4. The summed E-state index contributed by atoms with van der Waals surface area (Å²) in [5.41, 5.74) is 0.951. The lowest BCUT2D eigenvalue weighted by Crippen LogP contribution is -2.41. The molecule has 0 aromatic rings. The first-order valence-corrected chi connectivity index (χ1v) is 3.80. The van der Waals surface area contributed by atoms with Crippen molar-refractivity contribution >= 4 is 5.91 Å². The summed E-state index contributed by atoms with van der Waals surface area (Å²) in [6, 6.07) is 0. The van der Waals surface area contributed by atoms with Gasteiger partial charge in [-0.2, -0.15) is 0 Å². The number of aliphatic hydroxyl groups excluding tert-OH is 1. The highest BCUT2D eigenvalue weighted by molar-refractivity contribution is 5.80. The van der Waals surface area contributed by atoms with Crippen molar-refractivity contribution in [3.63, 3.8) is 0 Å². The van der Waals surface area contributed by atoms with Gasteiger partial charge in [0.05, 0.1) is 0 Å². The number of hydrogen-bond donors (Lipinski definition) is 1. The van der Waals surface area contributed by atoms with E-state index in [2.05, 4.69) is 0 Å². The molecule has 0 saturated heterocycles. The van der Waals surface area contributed by atoms with Gasteiger partial charge in [0.1, 0.15) is 6.23 Å². The van der Waals surface area contributed by atoms with E-state index in [1.54, 1.807) is 6.08 Å². The SMILES string of the molecule is CCN1C(=O)CC(C)=CC1O. The molecule has 3 heteroatoms. The molecule has 3 nitrogen and oxygen atoms in total. The fourth-order valence-corrected chi connectivity index (χ4v) is 1.25. The third-order valence-electron chi connectivity index (χ3n) is 1.84. The van der Waals surface area contributed by atoms with Crippen LogP contribution in [-0.4, -0.2) is 28.7 Å². The molecule has 1 rings (SSSR count). The number of rotatable bonds is 1. The maximum atomic E-state index is 11.2. The Hall–Kier alpha value is -0.830. The van der Waals surface area contributed by atoms with Crippen LogP contribution in [0, 0.1) is 0 Å². The Morgan fingerprint density at radius 2 is 2.45 bits per heavy atom. The van der Waals surface area contributed by atoms with Crippen molar-refractivity contribution in [2.75, 3.05) is 6.54 Å². The second-order valence-electron chi connectivity index (χ2n) is 2.78. The van der Waals surface area contributed by atoms with Crippen LogP contribution in [0.15, 0.2) is 11.6 Å². The summed E-state index contributed by atoms with van der Waals surface area (Å²) in [5.74, 6) is 0.0139. The number of nitrogens with zero attached hydrogens (tertiary/aromatic N) is 1. The zero-order valence-electron chi connectivity index (χ0n) is 6.87. The van der Waals surface area contributed by atoms with Gasteiger partial charge in [-0.05, 0) is 19.9 Å². The molecule has 0 spiro atoms. The number of aliphatic hydroxyl groups is 1. The molecule has 0 bridgehead atoms. The van der Waals surface area contributed by atoms with Gasteiger partial charge in [0, 0.05) is 13.0 Å². The standard InChI is InChI=1S/C8H13NO2/c1-3-9-7(10)4-6(2)5-8(9)11/h4,7,10H,3,5H2,1-2H3. The van der Waals surface area contributed by atoms with Gasteiger partial charge >= 0.3 is 0 Å². The molecular weight excluding hydrogens is 142 g/mol. The van der Waals surface area contributed by atoms with Crippen LogP contribution < -0.4 is 0 Å². The van der Waals surface area contributed by atoms with Gasteiger partial charge in [0.25, 0.3) is 0 Å². The lowest BCUT2D eigenvalue weighted by molar-refractivity contribution is -0.138. The van der Waals surface area contributed by atoms with Crippen LogP contribution in [0.2, 0.25) is 0 Å². The average Bonchev–Trinajstić information content (AvgIpc) is 1.85. The van der Waals surface area contributed by atoms with Crippen LogP contribution in [0.4, 0.5) is 0 Å². The van der Waals surface area contributed by atoms with Gasteiger partial charge in [0.2, 0.25) is 5.91 Å². The van der Waals surface area contributed by atoms with E-state index < -0.39 is 6.23 Å². The van der Waals surface area contributed by atoms with E-state index in [0.29, 0.717) is 13.0 Å². The zero-order valence-corrected chi connectivity index (χ0v) is 6.87. The molecule has 0 aromatic heterocycles. The van der Waals surface area contributed by atoms with E-state index in [1.807, 2.05) is 13.8 Å². The monoisotopic (exact) mass is 155 g/mol. The largest absolute Gasteiger partial charge is 0.370 e. The van der Waals surface area contributed by atoms with Crippen molar-refractivity contribution in [2.45, 2.75) is 26.5 Å². The van der Waals surface area contributed by atoms with E-state index in [9.17, 15) is 9.90 Å². The molecule has 1 N–H and O–H groups in total. The number of likely N-dealkylation sites (N-methyl/N-ethyl adjacent to an activating group) is 1. The molecule has 1 amide bonds. The molecule has 1 atom stereocenters. The fraction of sp³-hybridized carbons (Fsp3) is 0.625. The maximum absolute atomic E-state index is 11.2. The lowest BCUT2D eigenvalue weighted by atomic mass is 10.1. The predicted molar refractivity (Wildman–Crippen MR) is 41.8 cm³/mol. The third kappa shape index (κ3) is 1.60. The number of hydrogen-bond acceptors (Lipinski definition) is 2. The summed E-state index contributed by atoms with van der Waals surface area (Å²) < 4.78 is 0. The minimum atomic E-state index is -0.707. The number of carbonyl (C=O) groups is 1. The molecule has 11 heavy (non-hydrogen) atoms. The number of carbonyl (C=O) groups excluding carboxylic acids is 1. The summed E-state index contributed by atoms with van der Waals surface area (Å²) in [6.45, 7) is 4.29. The topological polar surface area (TPSA) is 40.5 Å². The number of amides is 1. The summed E-state index contributed by atoms with van der Waals surface area (Å²) in [7, 11) is 0. The van der Waals surface area contributed by atoms with Gasteiger partial charge in [-0.15, -0.1) is 0 Å². The van der Waals surface area contributed by atoms with Gasteiger partial charge < -0.3 is 10.0 Å². The Morgan fingerprint density at radius 1 is 1.82 bits per heavy atom. The molecule has 0 aliphatic carbocycles. The van der Waals surface area contributed by atoms with Gasteiger partial charge in [0.15, 0.2) is 0 Å². The third-order valence-corrected chi connectivity index (χ3v) is 1.84. The summed E-state index contributed by atoms with van der Waals surface area (Å²) >= 11 is 0. The second kappa shape index (κ2) is 3.05. The smallest absolute Gasteiger partial charge is 0.228 e. The van der Waals surface area contributed by atoms with Crippen molar-refractivity contribution in [2.24, 2.45) is 0 Å². The molecule has 0 saturated carbocycles. The summed E-state index contributed by atoms with van der Waals surface area (Å²) in [5, 5.41) is 9.34. The molecule has 0 radical (unpaired) electrons. The van der Waals surface area contributed by atoms with E-state index in [-0.39, 0.29) is 5.91 Å². The average molecular weight is 155 g/mol. The highest BCUT2D eigenvalue weighted by Crippen LogP contribution is 2.14. The van der Waals surface area contributed by atoms with Crippen molar-refractivity contribution < 1.29 is 9.90 Å². The molecule has 1 unspecified atom stereocenters. The Balaban J connectivity index is 2.77. The first-order valence-electron chi connectivity index (χ1n) is 3.80. The highest BCUT2D eigenvalue weighted by atomic mass is 16.3. The zero-order chi connectivity index (χ0) is 8.43. The van der Waals surface area contributed by atoms with Gasteiger partial charge in [-0.25, -0.2) is 0 Å². The minimum absolute atomic E-state index is 0.0139. The predicted octanol–water partition coefficient (Wildman–Crippen LogP) is 0.503. The molecule has 1 heterocycles. The van der Waals surface area contributed by atoms with Crippen molar-refractivity contribution in [3.05, 3.63) is 11.6 Å². The van der Waals surface area contributed by atoms with Gasteiger partial charge in [-0.1, -0.05) is 5.57 Å². The van der Waals surface area contributed by atoms with Crippen LogP contribution in [0.1, 0.15) is 20.3 Å². The quantitative estimate of drug-likeness (QED) is 0.560. The molecular formula is C8H13NO2. The van der Waals surface area contributed by atoms with E-state index in [0.717, 1.165) is 5.57 Å². The molecule has 0 aromatic carbocycles. The van der Waals surface area contributed by atoms with E-state index >= 15 is 0 Å². The van der Waals surface area contributed by atoms with Crippen LogP contribution in [-0.2, 0) is 4.79 Å². The maximum Gasteiger partial charge on any atom is 0.228 e. The summed E-state index contributed by atoms with van der Waals surface area (Å²) in [6.07, 6.45) is 1.46. The van der Waals surface area contributed by atoms with Crippen molar-refractivity contribution in [1.29, 1.82) is 0 Å². The lowest BCUT2D eigenvalue weighted by Gasteiger charge is -2.28. The first kappa shape index (κ1) is 8.27. The molecule has 1 aliphatic heterocycles. The van der Waals surface area contributed by atoms with E-state index in [4.69, 9.17) is 0 Å². The highest BCUT2D eigenvalue weighted by Gasteiger charge is 2.22. The Bertz CT molecular complexity index is 198. The van der Waals surface area contributed by atoms with Crippen LogP contribution >= 0.6 is 0 Å². The second-order valence-corrected chi connectivity index (χ2v) is 2.78. The van der Waals surface area contributed by atoms with Crippen molar-refractivity contribution in [1.82, 2.24) is 4.90 Å². The van der Waals surface area contributed by atoms with E-state index in [1.165, 1.54) is 4.90 Å². The fourth-order valence-electron chi connectivity index (χ4n) is 1.25. The Kier molecular flexibility index (Phi) is 2.29. The van der Waals surface area contributed by atoms with Crippen molar-refractivity contribution in [3.8, 4) is 0 Å². The summed E-state index contributed by atoms with van der Waals surface area (Å²) in [4.78, 5) is 12.6. The first-order chi connectivity index (χ1) is 5.15. The minimum Gasteiger partial charge on any atom is -0.370 e. The van der Waals surface area contributed by atoms with Crippen LogP contribution in [0.25, 0.3) is 0 Å². The molecule has 0 fully saturated rings. The van der Waals surface area contributed by atoms with Gasteiger partial charge in [-0.3, -0.25) is 4.79 Å².